The van der Waals surface area contributed by atoms with Gasteiger partial charge in [-0.15, -0.1) is 36.7 Å². The second-order valence-corrected chi connectivity index (χ2v) is 16.9. The molecule has 0 spiro atoms. The number of carbonyl (C=O) groups excluding carboxylic acids is 5. The molecule has 1 fully saturated rings. The first-order valence-electron chi connectivity index (χ1n) is 19.9. The summed E-state index contributed by atoms with van der Waals surface area (Å²) in [6.07, 6.45) is -4.50. The van der Waals surface area contributed by atoms with E-state index in [1.165, 1.54) is 6.07 Å². The standard InChI is InChI=1S/C37H47F3N10O15S2/c38-37(39,40)65-25-9-11-43-31(50-25)30(67-15-22(33(59)46-13-27(55)56)48-24(52)7-5-19(42)35(62)63)17-3-1-2-16(28(17)57)29(20-8-10-44-36(64)49-20)66-14-21(32(58)45-12-26(53)54)47-23(51)6-4-18(41)34(60)61/h8-11,16-19,21-22,29-30H,1-7,12-15,41-42H2,(H,45,58)(H,46,59)(H,47,51)(H,48,52)(H,53,54)(H,55,56)(H,60,61)(H,62,63)(H,44,49,64)/t16?,17?,18-,19+,21-,22-,29?,30?/m0/s1. The maximum absolute atomic E-state index is 14.9. The van der Waals surface area contributed by atoms with Crippen molar-refractivity contribution in [2.75, 3.05) is 24.6 Å². The van der Waals surface area contributed by atoms with Crippen molar-refractivity contribution in [2.24, 2.45) is 23.3 Å². The van der Waals surface area contributed by atoms with Gasteiger partial charge in [0.2, 0.25) is 29.5 Å². The molecule has 4 amide bonds. The Labute approximate surface area is 385 Å². The molecule has 0 aromatic carbocycles. The molecule has 0 radical (unpaired) electrons. The summed E-state index contributed by atoms with van der Waals surface area (Å²) >= 11 is 1.58. The van der Waals surface area contributed by atoms with E-state index in [0.29, 0.717) is 0 Å². The van der Waals surface area contributed by atoms with E-state index in [0.717, 1.165) is 42.0 Å². The molecule has 2 aromatic rings. The van der Waals surface area contributed by atoms with Gasteiger partial charge in [-0.2, -0.15) is 9.97 Å². The van der Waals surface area contributed by atoms with Crippen LogP contribution in [-0.4, -0.2) is 154 Å². The second kappa shape index (κ2) is 26.1. The molecule has 1 aliphatic carbocycles. The van der Waals surface area contributed by atoms with Crippen LogP contribution in [0.4, 0.5) is 13.2 Å². The van der Waals surface area contributed by atoms with Gasteiger partial charge in [-0.3, -0.25) is 43.2 Å². The number of ketones is 1. The summed E-state index contributed by atoms with van der Waals surface area (Å²) in [7, 11) is 0. The minimum absolute atomic E-state index is 0.0250. The molecule has 13 N–H and O–H groups in total. The summed E-state index contributed by atoms with van der Waals surface area (Å²) in [5.74, 6) is -14.7. The largest absolute Gasteiger partial charge is 0.574 e. The Hall–Kier alpha value is -6.40. The van der Waals surface area contributed by atoms with Crippen LogP contribution in [0.15, 0.2) is 24.5 Å². The zero-order valence-corrected chi connectivity index (χ0v) is 36.6. The number of aliphatic carboxylic acids is 4. The van der Waals surface area contributed by atoms with Crippen molar-refractivity contribution in [3.63, 3.8) is 0 Å². The topological polar surface area (TPSA) is 416 Å². The van der Waals surface area contributed by atoms with Crippen LogP contribution < -0.4 is 37.5 Å². The van der Waals surface area contributed by atoms with Crippen LogP contribution in [0.2, 0.25) is 0 Å². The quantitative estimate of drug-likeness (QED) is 0.0504. The third kappa shape index (κ3) is 18.8. The lowest BCUT2D eigenvalue weighted by Crippen LogP contribution is -2.50. The number of alkyl halides is 3. The van der Waals surface area contributed by atoms with Gasteiger partial charge in [0, 0.05) is 54.6 Å². The first kappa shape index (κ1) is 54.9. The van der Waals surface area contributed by atoms with Gasteiger partial charge < -0.3 is 63.0 Å². The Morgan fingerprint density at radius 1 is 0.746 bits per heavy atom. The normalized spacial score (nSPS) is 17.6. The minimum Gasteiger partial charge on any atom is -0.480 e. The smallest absolute Gasteiger partial charge is 0.480 e. The van der Waals surface area contributed by atoms with E-state index >= 15 is 0 Å². The number of nitrogens with zero attached hydrogens (tertiary/aromatic N) is 4. The molecule has 0 bridgehead atoms. The number of Topliss-reactive ketones (excluding diaryl/α,β-unsaturated/α-hetero) is 1. The lowest BCUT2D eigenvalue weighted by atomic mass is 9.76. The SMILES string of the molecule is N[C@H](CCC(=O)N[C@@H](CSC(c1nccc(OC(F)(F)F)n1)C1CCCC(C(SC[C@H](NC(=O)CC[C@H](N)C(=O)O)C(=O)NCC(=O)O)c2ccnc(O)n2)C1=O)C(=O)NCC(=O)O)C(=O)O. The van der Waals surface area contributed by atoms with Crippen LogP contribution in [0, 0.1) is 11.8 Å². The fourth-order valence-electron chi connectivity index (χ4n) is 6.38. The Morgan fingerprint density at radius 2 is 1.22 bits per heavy atom. The predicted octanol–water partition coefficient (Wildman–Crippen LogP) is -1.14. The van der Waals surface area contributed by atoms with Crippen LogP contribution in [-0.2, 0) is 43.2 Å². The molecule has 8 atom stereocenters. The number of carbonyl (C=O) groups is 9. The molecule has 1 aliphatic rings. The van der Waals surface area contributed by atoms with Crippen molar-refractivity contribution in [3.05, 3.63) is 36.0 Å². The number of nitrogens with one attached hydrogen (secondary N) is 4. The van der Waals surface area contributed by atoms with E-state index in [9.17, 15) is 61.4 Å². The number of halogens is 3. The molecular formula is C37H47F3N10O15S2. The maximum Gasteiger partial charge on any atom is 0.574 e. The molecule has 0 saturated heterocycles. The molecule has 2 aromatic heterocycles. The fourth-order valence-corrected chi connectivity index (χ4v) is 9.22. The van der Waals surface area contributed by atoms with Crippen molar-refractivity contribution in [1.29, 1.82) is 0 Å². The number of aromatic nitrogens is 4. The van der Waals surface area contributed by atoms with Gasteiger partial charge in [0.1, 0.15) is 48.9 Å². The number of ether oxygens (including phenoxy) is 1. The number of carboxylic acids is 4. The zero-order valence-electron chi connectivity index (χ0n) is 34.9. The summed E-state index contributed by atoms with van der Waals surface area (Å²) in [6.45, 7) is -1.78. The van der Waals surface area contributed by atoms with Crippen molar-refractivity contribution in [1.82, 2.24) is 41.2 Å². The van der Waals surface area contributed by atoms with Crippen molar-refractivity contribution < 1.29 is 86.6 Å². The third-order valence-electron chi connectivity index (χ3n) is 9.59. The Kier molecular flexibility index (Phi) is 21.4. The number of nitrogens with two attached hydrogens (primary N) is 2. The minimum atomic E-state index is -5.22. The van der Waals surface area contributed by atoms with Crippen molar-refractivity contribution in [2.45, 2.75) is 86.0 Å². The van der Waals surface area contributed by atoms with Crippen LogP contribution in [0.3, 0.4) is 0 Å². The molecule has 4 unspecified atom stereocenters. The van der Waals surface area contributed by atoms with E-state index in [1.807, 2.05) is 0 Å². The molecule has 30 heteroatoms. The van der Waals surface area contributed by atoms with Crippen LogP contribution >= 0.6 is 23.5 Å². The fraction of sp³-hybridized carbons (Fsp3) is 0.541. The number of aromatic hydroxyl groups is 1. The highest BCUT2D eigenvalue weighted by molar-refractivity contribution is 7.99. The Morgan fingerprint density at radius 3 is 1.69 bits per heavy atom. The molecule has 25 nitrogen and oxygen atoms in total. The molecule has 67 heavy (non-hydrogen) atoms. The number of rotatable bonds is 27. The summed E-state index contributed by atoms with van der Waals surface area (Å²) in [5.41, 5.74) is 11.0. The predicted molar refractivity (Wildman–Crippen MR) is 223 cm³/mol. The average molecular weight is 993 g/mol. The number of hydrogen-bond acceptors (Lipinski definition) is 19. The van der Waals surface area contributed by atoms with Gasteiger partial charge in [-0.25, -0.2) is 9.97 Å². The van der Waals surface area contributed by atoms with Gasteiger partial charge in [0.25, 0.3) is 0 Å². The Bertz CT molecular complexity index is 2130. The second-order valence-electron chi connectivity index (χ2n) is 14.6. The van der Waals surface area contributed by atoms with Gasteiger partial charge in [0.05, 0.1) is 16.2 Å². The van der Waals surface area contributed by atoms with Crippen molar-refractivity contribution >= 4 is 76.8 Å². The van der Waals surface area contributed by atoms with Crippen LogP contribution in [0.1, 0.15) is 67.0 Å². The van der Waals surface area contributed by atoms with Gasteiger partial charge in [0.15, 0.2) is 0 Å². The monoisotopic (exact) mass is 992 g/mol. The highest BCUT2D eigenvalue weighted by Gasteiger charge is 2.44. The van der Waals surface area contributed by atoms with E-state index in [4.69, 9.17) is 31.9 Å². The Balaban J connectivity index is 2.06. The summed E-state index contributed by atoms with van der Waals surface area (Å²) in [4.78, 5) is 128. The van der Waals surface area contributed by atoms with E-state index in [1.54, 1.807) is 0 Å². The van der Waals surface area contributed by atoms with E-state index in [-0.39, 0.29) is 37.8 Å². The molecular weight excluding hydrogens is 946 g/mol. The number of hydrogen-bond donors (Lipinski definition) is 11. The zero-order chi connectivity index (χ0) is 50.0. The van der Waals surface area contributed by atoms with Crippen LogP contribution in [0.5, 0.6) is 11.9 Å². The highest BCUT2D eigenvalue weighted by atomic mass is 32.2. The number of carboxylic acid groups (broad SMARTS) is 4. The molecule has 2 heterocycles. The van der Waals surface area contributed by atoms with E-state index < -0.39 is 161 Å². The molecule has 3 rings (SSSR count). The number of thioether (sulfide) groups is 2. The summed E-state index contributed by atoms with van der Waals surface area (Å²) < 4.78 is 44.1. The van der Waals surface area contributed by atoms with Gasteiger partial charge in [-0.05, 0) is 31.7 Å². The maximum atomic E-state index is 14.9. The number of amides is 4. The average Bonchev–Trinajstić information content (AvgIpc) is 3.25. The molecule has 368 valence electrons. The first-order chi connectivity index (χ1) is 31.4. The molecule has 0 aliphatic heterocycles. The lowest BCUT2D eigenvalue weighted by Gasteiger charge is -2.36. The third-order valence-corrected chi connectivity index (χ3v) is 12.5. The highest BCUT2D eigenvalue weighted by Crippen LogP contribution is 2.48. The van der Waals surface area contributed by atoms with Gasteiger partial charge in [-0.1, -0.05) is 6.42 Å². The summed E-state index contributed by atoms with van der Waals surface area (Å²) in [6, 6.07) is -4.62. The van der Waals surface area contributed by atoms with Crippen LogP contribution in [0.25, 0.3) is 0 Å². The first-order valence-corrected chi connectivity index (χ1v) is 22.0. The lowest BCUT2D eigenvalue weighted by molar-refractivity contribution is -0.276. The molecule has 1 saturated carbocycles. The van der Waals surface area contributed by atoms with Gasteiger partial charge >= 0.3 is 36.3 Å². The van der Waals surface area contributed by atoms with E-state index in [2.05, 4.69) is 45.9 Å². The van der Waals surface area contributed by atoms with Crippen molar-refractivity contribution in [3.8, 4) is 11.9 Å². The summed E-state index contributed by atoms with van der Waals surface area (Å²) in [5, 5.41) is 53.4.